The van der Waals surface area contributed by atoms with Gasteiger partial charge in [0.05, 0.1) is 26.9 Å². The van der Waals surface area contributed by atoms with Crippen LogP contribution in [0.1, 0.15) is 44.7 Å². The predicted octanol–water partition coefficient (Wildman–Crippen LogP) is 7.21. The van der Waals surface area contributed by atoms with Crippen molar-refractivity contribution < 1.29 is 23.7 Å². The number of esters is 1. The molecule has 0 aliphatic heterocycles. The molecule has 43 heavy (non-hydrogen) atoms. The smallest absolute Gasteiger partial charge is 0.338 e. The van der Waals surface area contributed by atoms with E-state index in [1.165, 1.54) is 53.1 Å². The van der Waals surface area contributed by atoms with Crippen molar-refractivity contribution in [1.82, 2.24) is 4.57 Å². The maximum atomic E-state index is 13.4. The Morgan fingerprint density at radius 2 is 1.47 bits per heavy atom. The van der Waals surface area contributed by atoms with E-state index in [1.54, 1.807) is 19.2 Å². The summed E-state index contributed by atoms with van der Waals surface area (Å²) in [6.45, 7) is 0.907. The van der Waals surface area contributed by atoms with E-state index >= 15 is 0 Å². The molecule has 0 radical (unpaired) electrons. The lowest BCUT2D eigenvalue weighted by molar-refractivity contribution is 0.0269. The van der Waals surface area contributed by atoms with Crippen molar-refractivity contribution in [2.24, 2.45) is 0 Å². The zero-order valence-electron chi connectivity index (χ0n) is 25.0. The van der Waals surface area contributed by atoms with Gasteiger partial charge in [-0.1, -0.05) is 66.7 Å². The minimum Gasteiger partial charge on any atom is -0.493 e. The molecule has 0 saturated carbocycles. The fourth-order valence-corrected chi connectivity index (χ4v) is 6.27. The first-order valence-corrected chi connectivity index (χ1v) is 14.8. The van der Waals surface area contributed by atoms with Gasteiger partial charge in [0.1, 0.15) is 6.10 Å². The van der Waals surface area contributed by atoms with E-state index in [0.717, 1.165) is 32.2 Å². The van der Waals surface area contributed by atoms with E-state index in [2.05, 4.69) is 83.4 Å². The van der Waals surface area contributed by atoms with Gasteiger partial charge < -0.3 is 23.5 Å². The van der Waals surface area contributed by atoms with Gasteiger partial charge in [-0.05, 0) is 72.2 Å². The first-order chi connectivity index (χ1) is 21.1. The Balaban J connectivity index is 1.30. The van der Waals surface area contributed by atoms with Crippen LogP contribution in [0, 0.1) is 0 Å². The second-order valence-electron chi connectivity index (χ2n) is 11.0. The molecule has 1 atom stereocenters. The Bertz CT molecular complexity index is 1700. The fraction of sp³-hybridized carbons (Fsp3) is 0.270. The van der Waals surface area contributed by atoms with Crippen LogP contribution in [0.15, 0.2) is 91.0 Å². The largest absolute Gasteiger partial charge is 0.493 e. The van der Waals surface area contributed by atoms with Crippen molar-refractivity contribution in [1.29, 1.82) is 0 Å². The summed E-state index contributed by atoms with van der Waals surface area (Å²) in [4.78, 5) is 13.4. The number of hydrogen-bond donors (Lipinski definition) is 0. The van der Waals surface area contributed by atoms with Gasteiger partial charge in [-0.2, -0.15) is 0 Å². The molecular weight excluding hydrogens is 538 g/mol. The lowest BCUT2D eigenvalue weighted by atomic mass is 9.92. The monoisotopic (exact) mass is 575 g/mol. The minimum atomic E-state index is -0.398. The summed E-state index contributed by atoms with van der Waals surface area (Å²) in [5.41, 5.74) is 8.14. The molecule has 6 heteroatoms. The summed E-state index contributed by atoms with van der Waals surface area (Å²) in [6.07, 6.45) is 3.89. The van der Waals surface area contributed by atoms with Crippen LogP contribution in [0.4, 0.5) is 0 Å². The van der Waals surface area contributed by atoms with Crippen molar-refractivity contribution >= 4 is 16.9 Å². The molecule has 1 unspecified atom stereocenters. The molecule has 6 nitrogen and oxygen atoms in total. The van der Waals surface area contributed by atoms with E-state index in [0.29, 0.717) is 29.2 Å². The number of carbonyl (C=O) groups is 1. The molecule has 4 aromatic carbocycles. The van der Waals surface area contributed by atoms with Crippen LogP contribution >= 0.6 is 0 Å². The normalized spacial score (nSPS) is 14.3. The highest BCUT2D eigenvalue weighted by atomic mass is 16.5. The molecule has 1 aliphatic rings. The van der Waals surface area contributed by atoms with E-state index in [4.69, 9.17) is 18.9 Å². The Morgan fingerprint density at radius 3 is 2.12 bits per heavy atom. The van der Waals surface area contributed by atoms with E-state index in [1.807, 2.05) is 0 Å². The molecule has 5 aromatic rings. The predicted molar refractivity (Wildman–Crippen MR) is 169 cm³/mol. The average Bonchev–Trinajstić information content (AvgIpc) is 3.35. The molecule has 1 heterocycles. The number of aryl methyl sites for hydroxylation is 2. The Kier molecular flexibility index (Phi) is 8.36. The lowest BCUT2D eigenvalue weighted by Gasteiger charge is -2.24. The molecule has 6 rings (SSSR count). The zero-order valence-corrected chi connectivity index (χ0v) is 25.0. The molecule has 0 spiro atoms. The third-order valence-electron chi connectivity index (χ3n) is 8.38. The highest BCUT2D eigenvalue weighted by Gasteiger charge is 2.29. The van der Waals surface area contributed by atoms with Gasteiger partial charge >= 0.3 is 5.97 Å². The highest BCUT2D eigenvalue weighted by Crippen LogP contribution is 2.39. The van der Waals surface area contributed by atoms with Crippen molar-refractivity contribution in [2.75, 3.05) is 21.3 Å². The number of ether oxygens (including phenoxy) is 4. The van der Waals surface area contributed by atoms with Gasteiger partial charge in [0, 0.05) is 29.6 Å². The van der Waals surface area contributed by atoms with E-state index in [-0.39, 0.29) is 6.10 Å². The standard InChI is InChI=1S/C37H37NO5/c1-40-34-22-28(23-35(41-2)36(34)42-3)37(39)43-29-15-17-33-31(24-29)30-21-27(20-26-12-8-5-9-13-26)14-16-32(30)38(33)19-18-25-10-6-4-7-11-25/h4-14,16,21-23,29H,15,17-20,24H2,1-3H3. The van der Waals surface area contributed by atoms with E-state index < -0.39 is 5.97 Å². The summed E-state index contributed by atoms with van der Waals surface area (Å²) in [7, 11) is 4.61. The van der Waals surface area contributed by atoms with Crippen LogP contribution in [0.5, 0.6) is 17.2 Å². The molecule has 0 fully saturated rings. The van der Waals surface area contributed by atoms with Gasteiger partial charge in [-0.25, -0.2) is 4.79 Å². The number of hydrogen-bond acceptors (Lipinski definition) is 5. The molecule has 220 valence electrons. The number of carbonyl (C=O) groups excluding carboxylic acids is 1. The van der Waals surface area contributed by atoms with Crippen LogP contribution in [0.2, 0.25) is 0 Å². The van der Waals surface area contributed by atoms with Crippen molar-refractivity contribution in [2.45, 2.75) is 44.8 Å². The Morgan fingerprint density at radius 1 is 0.791 bits per heavy atom. The number of benzene rings is 4. The molecule has 0 bridgehead atoms. The van der Waals surface area contributed by atoms with Crippen LogP contribution in [0.25, 0.3) is 10.9 Å². The quantitative estimate of drug-likeness (QED) is 0.165. The second kappa shape index (κ2) is 12.7. The van der Waals surface area contributed by atoms with Gasteiger partial charge in [0.15, 0.2) is 11.5 Å². The van der Waals surface area contributed by atoms with Crippen LogP contribution in [-0.2, 0) is 37.0 Å². The topological polar surface area (TPSA) is 58.9 Å². The van der Waals surface area contributed by atoms with Gasteiger partial charge in [-0.3, -0.25) is 0 Å². The molecule has 1 aliphatic carbocycles. The maximum absolute atomic E-state index is 13.4. The van der Waals surface area contributed by atoms with Crippen LogP contribution in [-0.4, -0.2) is 38.0 Å². The SMILES string of the molecule is COc1cc(C(=O)OC2CCc3c(c4cc(Cc5ccccc5)ccc4n3CCc3ccccc3)C2)cc(OC)c1OC. The summed E-state index contributed by atoms with van der Waals surface area (Å²) < 4.78 is 24.9. The third-order valence-corrected chi connectivity index (χ3v) is 8.38. The van der Waals surface area contributed by atoms with Crippen molar-refractivity contribution in [3.05, 3.63) is 125 Å². The highest BCUT2D eigenvalue weighted by molar-refractivity contribution is 5.91. The summed E-state index contributed by atoms with van der Waals surface area (Å²) in [6, 6.07) is 31.3. The number of fused-ring (bicyclic) bond motifs is 3. The molecule has 1 aromatic heterocycles. The lowest BCUT2D eigenvalue weighted by Crippen LogP contribution is -2.26. The number of nitrogens with zero attached hydrogens (tertiary/aromatic N) is 1. The van der Waals surface area contributed by atoms with Crippen molar-refractivity contribution in [3.63, 3.8) is 0 Å². The summed E-state index contributed by atoms with van der Waals surface area (Å²) in [5, 5.41) is 1.25. The zero-order chi connectivity index (χ0) is 29.8. The molecule has 0 N–H and O–H groups in total. The maximum Gasteiger partial charge on any atom is 0.338 e. The fourth-order valence-electron chi connectivity index (χ4n) is 6.27. The molecular formula is C37H37NO5. The van der Waals surface area contributed by atoms with E-state index in [9.17, 15) is 4.79 Å². The van der Waals surface area contributed by atoms with Crippen LogP contribution < -0.4 is 14.2 Å². The third kappa shape index (κ3) is 5.96. The minimum absolute atomic E-state index is 0.231. The van der Waals surface area contributed by atoms with Gasteiger partial charge in [-0.15, -0.1) is 0 Å². The molecule has 0 saturated heterocycles. The van der Waals surface area contributed by atoms with Crippen LogP contribution in [0.3, 0.4) is 0 Å². The van der Waals surface area contributed by atoms with Gasteiger partial charge in [0.25, 0.3) is 0 Å². The second-order valence-corrected chi connectivity index (χ2v) is 11.0. The summed E-state index contributed by atoms with van der Waals surface area (Å²) >= 11 is 0. The average molecular weight is 576 g/mol. The van der Waals surface area contributed by atoms with Gasteiger partial charge in [0.2, 0.25) is 5.75 Å². The van der Waals surface area contributed by atoms with Crippen molar-refractivity contribution in [3.8, 4) is 17.2 Å². The number of methoxy groups -OCH3 is 3. The molecule has 0 amide bonds. The first-order valence-electron chi connectivity index (χ1n) is 14.8. The number of aromatic nitrogens is 1. The Hall–Kier alpha value is -4.71. The summed E-state index contributed by atoms with van der Waals surface area (Å²) in [5.74, 6) is 0.892. The first kappa shape index (κ1) is 28.4. The number of rotatable bonds is 10. The Labute approximate surface area is 252 Å².